The molecule has 0 aliphatic heterocycles. The van der Waals surface area contributed by atoms with E-state index in [0.717, 1.165) is 35.0 Å². The van der Waals surface area contributed by atoms with E-state index in [1.165, 1.54) is 12.8 Å². The van der Waals surface area contributed by atoms with Crippen LogP contribution in [0.25, 0.3) is 11.1 Å². The van der Waals surface area contributed by atoms with Crippen molar-refractivity contribution in [3.63, 3.8) is 0 Å². The molecule has 0 aliphatic rings. The number of aliphatic hydroxyl groups is 1. The molecule has 0 radical (unpaired) electrons. The van der Waals surface area contributed by atoms with Gasteiger partial charge in [-0.3, -0.25) is 0 Å². The first-order valence-electron chi connectivity index (χ1n) is 11.1. The van der Waals surface area contributed by atoms with Gasteiger partial charge in [-0.05, 0) is 72.5 Å². The molecule has 0 spiro atoms. The molecule has 0 aliphatic carbocycles. The number of halogens is 1. The number of hydrogen-bond acceptors (Lipinski definition) is 5. The molecular weight excluding hydrogens is 484 g/mol. The molecule has 0 saturated heterocycles. The molecule has 0 fully saturated rings. The second-order valence-corrected chi connectivity index (χ2v) is 8.28. The van der Waals surface area contributed by atoms with Crippen molar-refractivity contribution in [2.45, 2.75) is 25.7 Å². The molecule has 0 aromatic heterocycles. The molecule has 3 rings (SSSR count). The summed E-state index contributed by atoms with van der Waals surface area (Å²) in [6, 6.07) is 22.0. The highest BCUT2D eigenvalue weighted by atomic mass is 79.9. The Labute approximate surface area is 203 Å². The van der Waals surface area contributed by atoms with Crippen molar-refractivity contribution in [2.75, 3.05) is 25.2 Å². The van der Waals surface area contributed by atoms with Gasteiger partial charge in [-0.1, -0.05) is 53.0 Å². The van der Waals surface area contributed by atoms with Crippen LogP contribution in [0.15, 0.2) is 72.8 Å². The van der Waals surface area contributed by atoms with E-state index in [0.29, 0.717) is 23.7 Å². The number of unbranched alkanes of at least 4 members (excludes halogenated alkanes) is 3. The zero-order valence-electron chi connectivity index (χ0n) is 18.5. The summed E-state index contributed by atoms with van der Waals surface area (Å²) in [5.41, 5.74) is 2.49. The van der Waals surface area contributed by atoms with Crippen molar-refractivity contribution in [3.8, 4) is 28.4 Å². The fraction of sp³-hybridized carbons (Fsp3) is 0.296. The van der Waals surface area contributed by atoms with Crippen LogP contribution >= 0.6 is 15.9 Å². The van der Waals surface area contributed by atoms with Crippen LogP contribution in [0.4, 0.5) is 0 Å². The molecule has 33 heavy (non-hydrogen) atoms. The van der Waals surface area contributed by atoms with Gasteiger partial charge in [0.15, 0.2) is 0 Å². The summed E-state index contributed by atoms with van der Waals surface area (Å²) in [6.07, 6.45) is 4.56. The number of carbonyl (C=O) groups is 1. The monoisotopic (exact) mass is 512 g/mol. The molecule has 5 nitrogen and oxygen atoms in total. The molecule has 1 N–H and O–H groups in total. The third kappa shape index (κ3) is 8.22. The van der Waals surface area contributed by atoms with Gasteiger partial charge in [0.25, 0.3) is 0 Å². The van der Waals surface area contributed by atoms with E-state index in [2.05, 4.69) is 15.9 Å². The number of ether oxygens (including phenoxy) is 3. The van der Waals surface area contributed by atoms with Crippen molar-refractivity contribution < 1.29 is 24.1 Å². The minimum absolute atomic E-state index is 0.0160. The topological polar surface area (TPSA) is 65.0 Å². The average molecular weight is 513 g/mol. The summed E-state index contributed by atoms with van der Waals surface area (Å²) in [6.45, 7) is 0.932. The maximum Gasteiger partial charge on any atom is 0.343 e. The lowest BCUT2D eigenvalue weighted by Gasteiger charge is -2.09. The Morgan fingerprint density at radius 3 is 1.76 bits per heavy atom. The van der Waals surface area contributed by atoms with Crippen LogP contribution < -0.4 is 14.2 Å². The van der Waals surface area contributed by atoms with Crippen LogP contribution in [0.2, 0.25) is 0 Å². The number of rotatable bonds is 13. The Kier molecular flexibility index (Phi) is 10.3. The van der Waals surface area contributed by atoms with Gasteiger partial charge in [-0.2, -0.15) is 0 Å². The fourth-order valence-corrected chi connectivity index (χ4v) is 3.61. The van der Waals surface area contributed by atoms with E-state index in [-0.39, 0.29) is 13.2 Å². The summed E-state index contributed by atoms with van der Waals surface area (Å²) in [5, 5.41) is 9.88. The van der Waals surface area contributed by atoms with E-state index in [9.17, 15) is 4.79 Å². The van der Waals surface area contributed by atoms with Crippen molar-refractivity contribution in [3.05, 3.63) is 78.4 Å². The van der Waals surface area contributed by atoms with E-state index in [1.807, 2.05) is 36.4 Å². The lowest BCUT2D eigenvalue weighted by Crippen LogP contribution is -2.08. The zero-order valence-corrected chi connectivity index (χ0v) is 20.1. The first kappa shape index (κ1) is 24.8. The van der Waals surface area contributed by atoms with Gasteiger partial charge in [0, 0.05) is 5.33 Å². The summed E-state index contributed by atoms with van der Waals surface area (Å²) in [7, 11) is 0. The predicted molar refractivity (Wildman–Crippen MR) is 134 cm³/mol. The maximum atomic E-state index is 12.5. The first-order chi connectivity index (χ1) is 16.2. The third-order valence-corrected chi connectivity index (χ3v) is 5.56. The van der Waals surface area contributed by atoms with Crippen LogP contribution in [-0.2, 0) is 0 Å². The molecular formula is C27H29BrO5. The van der Waals surface area contributed by atoms with Gasteiger partial charge >= 0.3 is 5.97 Å². The molecule has 0 bridgehead atoms. The average Bonchev–Trinajstić information content (AvgIpc) is 2.86. The fourth-order valence-electron chi connectivity index (χ4n) is 3.22. The Balaban J connectivity index is 1.49. The van der Waals surface area contributed by atoms with Gasteiger partial charge in [0.05, 0.1) is 18.8 Å². The zero-order chi connectivity index (χ0) is 23.3. The lowest BCUT2D eigenvalue weighted by atomic mass is 10.1. The number of alkyl halides is 1. The van der Waals surface area contributed by atoms with Crippen molar-refractivity contribution in [1.82, 2.24) is 0 Å². The molecule has 0 amide bonds. The highest BCUT2D eigenvalue weighted by molar-refractivity contribution is 9.09. The standard InChI is InChI=1S/C27H29BrO5/c28-17-3-1-2-4-19-31-24-13-9-23(10-14-24)27(30)33-26-15-7-22(8-16-26)21-5-11-25(12-6-21)32-20-18-29/h5-16,29H,1-4,17-20H2. The van der Waals surface area contributed by atoms with Crippen molar-refractivity contribution in [1.29, 1.82) is 0 Å². The van der Waals surface area contributed by atoms with Crippen LogP contribution in [0.1, 0.15) is 36.0 Å². The predicted octanol–water partition coefficient (Wildman–Crippen LogP) is 6.28. The number of aliphatic hydroxyl groups excluding tert-OH is 1. The van der Waals surface area contributed by atoms with Crippen LogP contribution in [0.3, 0.4) is 0 Å². The Morgan fingerprint density at radius 2 is 1.18 bits per heavy atom. The largest absolute Gasteiger partial charge is 0.494 e. The van der Waals surface area contributed by atoms with Gasteiger partial charge in [0.2, 0.25) is 0 Å². The number of carbonyl (C=O) groups excluding carboxylic acids is 1. The van der Waals surface area contributed by atoms with Gasteiger partial charge < -0.3 is 19.3 Å². The summed E-state index contributed by atoms with van der Waals surface area (Å²) in [4.78, 5) is 12.5. The van der Waals surface area contributed by atoms with Crippen molar-refractivity contribution >= 4 is 21.9 Å². The number of benzene rings is 3. The summed E-state index contributed by atoms with van der Waals surface area (Å²) >= 11 is 3.44. The quantitative estimate of drug-likeness (QED) is 0.126. The van der Waals surface area contributed by atoms with Crippen LogP contribution in [-0.4, -0.2) is 36.2 Å². The van der Waals surface area contributed by atoms with Gasteiger partial charge in [-0.15, -0.1) is 0 Å². The Bertz CT molecular complexity index is 969. The SMILES string of the molecule is O=C(Oc1ccc(-c2ccc(OCCO)cc2)cc1)c1ccc(OCCCCCCBr)cc1. The minimum Gasteiger partial charge on any atom is -0.494 e. The molecule has 3 aromatic carbocycles. The molecule has 0 saturated carbocycles. The summed E-state index contributed by atoms with van der Waals surface area (Å²) < 4.78 is 16.6. The molecule has 6 heteroatoms. The summed E-state index contributed by atoms with van der Waals surface area (Å²) in [5.74, 6) is 1.54. The minimum atomic E-state index is -0.408. The van der Waals surface area contributed by atoms with Gasteiger partial charge in [0.1, 0.15) is 23.9 Å². The van der Waals surface area contributed by atoms with E-state index < -0.39 is 5.97 Å². The van der Waals surface area contributed by atoms with E-state index in [1.54, 1.807) is 36.4 Å². The maximum absolute atomic E-state index is 12.5. The first-order valence-corrected chi connectivity index (χ1v) is 12.3. The second kappa shape index (κ2) is 13.7. The lowest BCUT2D eigenvalue weighted by molar-refractivity contribution is 0.0734. The van der Waals surface area contributed by atoms with Crippen molar-refractivity contribution in [2.24, 2.45) is 0 Å². The van der Waals surface area contributed by atoms with E-state index in [4.69, 9.17) is 19.3 Å². The highest BCUT2D eigenvalue weighted by Crippen LogP contribution is 2.25. The highest BCUT2D eigenvalue weighted by Gasteiger charge is 2.09. The molecule has 0 unspecified atom stereocenters. The molecule has 174 valence electrons. The normalized spacial score (nSPS) is 10.6. The van der Waals surface area contributed by atoms with Crippen LogP contribution in [0, 0.1) is 0 Å². The smallest absolute Gasteiger partial charge is 0.343 e. The molecule has 0 heterocycles. The Hall–Kier alpha value is -2.83. The number of hydrogen-bond donors (Lipinski definition) is 1. The number of esters is 1. The third-order valence-electron chi connectivity index (χ3n) is 5.00. The van der Waals surface area contributed by atoms with Crippen LogP contribution in [0.5, 0.6) is 17.2 Å². The Morgan fingerprint density at radius 1 is 0.667 bits per heavy atom. The van der Waals surface area contributed by atoms with E-state index >= 15 is 0 Å². The molecule has 0 atom stereocenters. The second-order valence-electron chi connectivity index (χ2n) is 7.49. The van der Waals surface area contributed by atoms with Gasteiger partial charge in [-0.25, -0.2) is 4.79 Å². The molecule has 3 aromatic rings.